The van der Waals surface area contributed by atoms with Crippen LogP contribution in [0.3, 0.4) is 0 Å². The molecule has 0 aliphatic rings. The summed E-state index contributed by atoms with van der Waals surface area (Å²) in [4.78, 5) is 11.7. The molecule has 108 valence electrons. The van der Waals surface area contributed by atoms with Gasteiger partial charge in [-0.3, -0.25) is 4.79 Å². The number of nitrogens with one attached hydrogen (secondary N) is 1. The number of hydrogen-bond acceptors (Lipinski definition) is 5. The fraction of sp³-hybridized carbons (Fsp3) is 0.909. The number of sulfonamides is 1. The highest BCUT2D eigenvalue weighted by atomic mass is 32.2. The van der Waals surface area contributed by atoms with Crippen LogP contribution in [0.2, 0.25) is 0 Å². The predicted octanol–water partition coefficient (Wildman–Crippen LogP) is 0.375. The van der Waals surface area contributed by atoms with Gasteiger partial charge in [0.25, 0.3) is 0 Å². The van der Waals surface area contributed by atoms with Crippen LogP contribution in [-0.2, 0) is 19.6 Å². The maximum absolute atomic E-state index is 11.7. The van der Waals surface area contributed by atoms with Crippen molar-refractivity contribution in [2.45, 2.75) is 52.2 Å². The summed E-state index contributed by atoms with van der Waals surface area (Å²) in [6, 6.07) is -1.02. The third kappa shape index (κ3) is 7.62. The van der Waals surface area contributed by atoms with E-state index in [0.717, 1.165) is 6.42 Å². The van der Waals surface area contributed by atoms with E-state index in [-0.39, 0.29) is 12.3 Å². The van der Waals surface area contributed by atoms with Crippen LogP contribution in [0.4, 0.5) is 0 Å². The molecule has 7 heteroatoms. The Labute approximate surface area is 109 Å². The Balaban J connectivity index is 4.56. The Morgan fingerprint density at radius 1 is 1.39 bits per heavy atom. The largest absolute Gasteiger partial charge is 0.459 e. The second kappa shape index (κ2) is 7.06. The number of unbranched alkanes of at least 4 members (excludes halogenated alkanes) is 1. The molecule has 0 spiro atoms. The van der Waals surface area contributed by atoms with Gasteiger partial charge in [-0.1, -0.05) is 13.3 Å². The van der Waals surface area contributed by atoms with Crippen molar-refractivity contribution in [2.24, 2.45) is 5.73 Å². The summed E-state index contributed by atoms with van der Waals surface area (Å²) in [5, 5.41) is 0. The summed E-state index contributed by atoms with van der Waals surface area (Å²) < 4.78 is 30.7. The second-order valence-electron chi connectivity index (χ2n) is 5.11. The second-order valence-corrected chi connectivity index (χ2v) is 6.99. The van der Waals surface area contributed by atoms with Crippen molar-refractivity contribution in [1.82, 2.24) is 4.72 Å². The molecule has 6 nitrogen and oxygen atoms in total. The highest BCUT2D eigenvalue weighted by Gasteiger charge is 2.27. The predicted molar refractivity (Wildman–Crippen MR) is 70.5 cm³/mol. The third-order valence-electron chi connectivity index (χ3n) is 2.02. The van der Waals surface area contributed by atoms with Crippen molar-refractivity contribution >= 4 is 16.0 Å². The van der Waals surface area contributed by atoms with Crippen LogP contribution in [0.25, 0.3) is 0 Å². The zero-order chi connectivity index (χ0) is 14.4. The summed E-state index contributed by atoms with van der Waals surface area (Å²) in [6.07, 6.45) is 1.31. The molecule has 1 atom stereocenters. The quantitative estimate of drug-likeness (QED) is 0.657. The van der Waals surface area contributed by atoms with Gasteiger partial charge in [0.05, 0.1) is 5.75 Å². The molecule has 0 saturated carbocycles. The van der Waals surface area contributed by atoms with Crippen molar-refractivity contribution in [3.8, 4) is 0 Å². The molecule has 0 aliphatic heterocycles. The van der Waals surface area contributed by atoms with Gasteiger partial charge < -0.3 is 10.5 Å². The van der Waals surface area contributed by atoms with Crippen molar-refractivity contribution in [2.75, 3.05) is 12.3 Å². The summed E-state index contributed by atoms with van der Waals surface area (Å²) in [6.45, 7) is 6.91. The number of hydrogen-bond donors (Lipinski definition) is 2. The van der Waals surface area contributed by atoms with Crippen molar-refractivity contribution in [3.63, 3.8) is 0 Å². The van der Waals surface area contributed by atoms with Crippen LogP contribution in [0, 0.1) is 0 Å². The lowest BCUT2D eigenvalue weighted by atomic mass is 10.2. The molecule has 3 N–H and O–H groups in total. The van der Waals surface area contributed by atoms with Crippen LogP contribution in [0.15, 0.2) is 0 Å². The molecule has 0 amide bonds. The average molecular weight is 280 g/mol. The number of carbonyl (C=O) groups excluding carboxylic acids is 1. The van der Waals surface area contributed by atoms with E-state index in [2.05, 4.69) is 4.72 Å². The first-order valence-electron chi connectivity index (χ1n) is 6.04. The monoisotopic (exact) mass is 280 g/mol. The van der Waals surface area contributed by atoms with E-state index in [4.69, 9.17) is 10.5 Å². The van der Waals surface area contributed by atoms with Crippen molar-refractivity contribution in [1.29, 1.82) is 0 Å². The molecular weight excluding hydrogens is 256 g/mol. The Bertz CT molecular complexity index is 360. The van der Waals surface area contributed by atoms with Gasteiger partial charge in [-0.05, 0) is 27.2 Å². The molecule has 18 heavy (non-hydrogen) atoms. The van der Waals surface area contributed by atoms with E-state index in [1.54, 1.807) is 20.8 Å². The standard InChI is InChI=1S/C11H24N2O4S/c1-5-6-7-18(15,16)13-9(8-12)10(14)17-11(2,3)4/h9,13H,5-8,12H2,1-4H3/t9-/m0/s1. The Kier molecular flexibility index (Phi) is 6.80. The van der Waals surface area contributed by atoms with E-state index < -0.39 is 27.6 Å². The zero-order valence-corrected chi connectivity index (χ0v) is 12.3. The summed E-state index contributed by atoms with van der Waals surface area (Å²) in [5.74, 6) is -0.659. The lowest BCUT2D eigenvalue weighted by Crippen LogP contribution is -2.48. The van der Waals surface area contributed by atoms with Gasteiger partial charge in [0, 0.05) is 6.54 Å². The molecule has 0 aromatic heterocycles. The molecular formula is C11H24N2O4S. The van der Waals surface area contributed by atoms with Gasteiger partial charge in [-0.25, -0.2) is 8.42 Å². The zero-order valence-electron chi connectivity index (χ0n) is 11.5. The molecule has 0 bridgehead atoms. The molecule has 0 rings (SSSR count). The maximum Gasteiger partial charge on any atom is 0.326 e. The first-order valence-corrected chi connectivity index (χ1v) is 7.69. The molecule has 0 unspecified atom stereocenters. The van der Waals surface area contributed by atoms with Crippen LogP contribution in [0.1, 0.15) is 40.5 Å². The van der Waals surface area contributed by atoms with E-state index in [1.807, 2.05) is 6.92 Å². The minimum atomic E-state index is -3.49. The molecule has 0 aliphatic carbocycles. The highest BCUT2D eigenvalue weighted by molar-refractivity contribution is 7.89. The minimum absolute atomic E-state index is 0.0111. The fourth-order valence-corrected chi connectivity index (χ4v) is 2.59. The fourth-order valence-electron chi connectivity index (χ4n) is 1.18. The third-order valence-corrected chi connectivity index (χ3v) is 3.49. The van der Waals surface area contributed by atoms with E-state index in [9.17, 15) is 13.2 Å². The summed E-state index contributed by atoms with van der Waals surface area (Å²) in [7, 11) is -3.49. The number of carbonyl (C=O) groups is 1. The number of rotatable bonds is 7. The Hall–Kier alpha value is -0.660. The first kappa shape index (κ1) is 17.3. The SMILES string of the molecule is CCCCS(=O)(=O)N[C@@H](CN)C(=O)OC(C)(C)C. The normalized spacial score (nSPS) is 14.3. The van der Waals surface area contributed by atoms with Crippen LogP contribution >= 0.6 is 0 Å². The Morgan fingerprint density at radius 2 is 1.94 bits per heavy atom. The number of nitrogens with two attached hydrogens (primary N) is 1. The Morgan fingerprint density at radius 3 is 2.33 bits per heavy atom. The lowest BCUT2D eigenvalue weighted by Gasteiger charge is -2.23. The van der Waals surface area contributed by atoms with Crippen LogP contribution < -0.4 is 10.5 Å². The molecule has 0 aromatic carbocycles. The minimum Gasteiger partial charge on any atom is -0.459 e. The topological polar surface area (TPSA) is 98.5 Å². The van der Waals surface area contributed by atoms with Crippen LogP contribution in [-0.4, -0.2) is 38.3 Å². The van der Waals surface area contributed by atoms with E-state index >= 15 is 0 Å². The van der Waals surface area contributed by atoms with Gasteiger partial charge in [-0.2, -0.15) is 4.72 Å². The number of ether oxygens (including phenoxy) is 1. The molecule has 0 fully saturated rings. The number of esters is 1. The summed E-state index contributed by atoms with van der Waals surface area (Å²) >= 11 is 0. The maximum atomic E-state index is 11.7. The molecule has 0 aromatic rings. The first-order chi connectivity index (χ1) is 8.11. The average Bonchev–Trinajstić information content (AvgIpc) is 2.20. The molecule has 0 radical (unpaired) electrons. The van der Waals surface area contributed by atoms with Gasteiger partial charge in [0.2, 0.25) is 10.0 Å². The van der Waals surface area contributed by atoms with Gasteiger partial charge in [0.15, 0.2) is 0 Å². The van der Waals surface area contributed by atoms with Crippen LogP contribution in [0.5, 0.6) is 0 Å². The van der Waals surface area contributed by atoms with E-state index in [1.165, 1.54) is 0 Å². The van der Waals surface area contributed by atoms with Crippen molar-refractivity contribution < 1.29 is 17.9 Å². The lowest BCUT2D eigenvalue weighted by molar-refractivity contribution is -0.156. The van der Waals surface area contributed by atoms with E-state index in [0.29, 0.717) is 6.42 Å². The molecule has 0 saturated heterocycles. The van der Waals surface area contributed by atoms with Crippen molar-refractivity contribution in [3.05, 3.63) is 0 Å². The van der Waals surface area contributed by atoms with Gasteiger partial charge in [0.1, 0.15) is 11.6 Å². The summed E-state index contributed by atoms with van der Waals surface area (Å²) in [5.41, 5.74) is 4.73. The highest BCUT2D eigenvalue weighted by Crippen LogP contribution is 2.08. The van der Waals surface area contributed by atoms with Gasteiger partial charge in [-0.15, -0.1) is 0 Å². The molecule has 0 heterocycles. The smallest absolute Gasteiger partial charge is 0.326 e. The van der Waals surface area contributed by atoms with Gasteiger partial charge >= 0.3 is 5.97 Å².